The first-order valence-corrected chi connectivity index (χ1v) is 6.32. The largest absolute Gasteiger partial charge is 0.323 e. The first-order chi connectivity index (χ1) is 7.27. The summed E-state index contributed by atoms with van der Waals surface area (Å²) in [6.45, 7) is 0. The average Bonchev–Trinajstić information content (AvgIpc) is 2.66. The molecule has 2 nitrogen and oxygen atoms in total. The van der Waals surface area contributed by atoms with Crippen LogP contribution in [0.4, 0.5) is 0 Å². The van der Waals surface area contributed by atoms with E-state index < -0.39 is 0 Å². The molecule has 2 rings (SSSR count). The van der Waals surface area contributed by atoms with Crippen LogP contribution in [0.5, 0.6) is 0 Å². The van der Waals surface area contributed by atoms with Crippen molar-refractivity contribution >= 4 is 27.3 Å². The monoisotopic (exact) mass is 282 g/mol. The lowest BCUT2D eigenvalue weighted by Gasteiger charge is -2.09. The zero-order valence-electron chi connectivity index (χ0n) is 8.06. The van der Waals surface area contributed by atoms with E-state index in [2.05, 4.69) is 20.9 Å². The highest BCUT2D eigenvalue weighted by Crippen LogP contribution is 2.29. The van der Waals surface area contributed by atoms with E-state index in [0.29, 0.717) is 0 Å². The molecular weight excluding hydrogens is 272 g/mol. The smallest absolute Gasteiger partial charge is 0.0442 e. The summed E-state index contributed by atoms with van der Waals surface area (Å²) in [5.74, 6) is 0. The molecule has 2 aromatic rings. The highest BCUT2D eigenvalue weighted by atomic mass is 79.9. The number of nitrogens with zero attached hydrogens (tertiary/aromatic N) is 1. The maximum absolute atomic E-state index is 6.12. The van der Waals surface area contributed by atoms with E-state index in [9.17, 15) is 0 Å². The number of rotatable bonds is 3. The molecule has 78 valence electrons. The highest BCUT2D eigenvalue weighted by Gasteiger charge is 2.11. The van der Waals surface area contributed by atoms with Crippen LogP contribution in [-0.4, -0.2) is 4.98 Å². The molecule has 15 heavy (non-hydrogen) atoms. The van der Waals surface area contributed by atoms with Crippen LogP contribution < -0.4 is 5.73 Å². The molecule has 0 aromatic carbocycles. The van der Waals surface area contributed by atoms with Crippen molar-refractivity contribution in [3.05, 3.63) is 50.9 Å². The van der Waals surface area contributed by atoms with Crippen LogP contribution in [0, 0.1) is 0 Å². The zero-order valence-corrected chi connectivity index (χ0v) is 10.5. The Balaban J connectivity index is 2.11. The molecule has 0 saturated carbocycles. The minimum Gasteiger partial charge on any atom is -0.323 e. The lowest BCUT2D eigenvalue weighted by molar-refractivity contribution is 0.731. The van der Waals surface area contributed by atoms with Gasteiger partial charge in [-0.05, 0) is 45.4 Å². The summed E-state index contributed by atoms with van der Waals surface area (Å²) in [5, 5.41) is 2.04. The molecule has 0 aliphatic rings. The van der Waals surface area contributed by atoms with E-state index in [4.69, 9.17) is 5.73 Å². The quantitative estimate of drug-likeness (QED) is 0.939. The van der Waals surface area contributed by atoms with Crippen molar-refractivity contribution in [2.75, 3.05) is 0 Å². The predicted octanol–water partition coefficient (Wildman–Crippen LogP) is 3.15. The third-order valence-electron chi connectivity index (χ3n) is 2.16. The third kappa shape index (κ3) is 2.65. The molecule has 2 N–H and O–H groups in total. The van der Waals surface area contributed by atoms with Gasteiger partial charge in [0.05, 0.1) is 0 Å². The summed E-state index contributed by atoms with van der Waals surface area (Å²) < 4.78 is 1.10. The maximum Gasteiger partial charge on any atom is 0.0442 e. The van der Waals surface area contributed by atoms with Gasteiger partial charge >= 0.3 is 0 Å². The number of nitrogens with two attached hydrogens (primary N) is 1. The third-order valence-corrected chi connectivity index (χ3v) is 4.16. The lowest BCUT2D eigenvalue weighted by Crippen LogP contribution is -2.12. The second-order valence-electron chi connectivity index (χ2n) is 3.30. The van der Waals surface area contributed by atoms with E-state index >= 15 is 0 Å². The summed E-state index contributed by atoms with van der Waals surface area (Å²) in [6.07, 6.45) is 4.46. The van der Waals surface area contributed by atoms with Crippen LogP contribution in [0.25, 0.3) is 0 Å². The molecule has 0 spiro atoms. The van der Waals surface area contributed by atoms with E-state index in [1.54, 1.807) is 17.5 Å². The van der Waals surface area contributed by atoms with Crippen LogP contribution in [-0.2, 0) is 6.42 Å². The van der Waals surface area contributed by atoms with Gasteiger partial charge in [0, 0.05) is 27.8 Å². The fraction of sp³-hybridized carbons (Fsp3) is 0.182. The van der Waals surface area contributed by atoms with Gasteiger partial charge in [0.15, 0.2) is 0 Å². The Kier molecular flexibility index (Phi) is 3.51. The van der Waals surface area contributed by atoms with Crippen molar-refractivity contribution in [3.63, 3.8) is 0 Å². The Morgan fingerprint density at radius 3 is 2.93 bits per heavy atom. The van der Waals surface area contributed by atoms with Gasteiger partial charge in [-0.1, -0.05) is 6.07 Å². The van der Waals surface area contributed by atoms with Gasteiger partial charge in [-0.3, -0.25) is 4.98 Å². The first kappa shape index (κ1) is 10.8. The van der Waals surface area contributed by atoms with Gasteiger partial charge in [0.25, 0.3) is 0 Å². The number of aromatic nitrogens is 1. The molecule has 0 radical (unpaired) electrons. The van der Waals surface area contributed by atoms with Gasteiger partial charge in [0.1, 0.15) is 0 Å². The second kappa shape index (κ2) is 4.88. The summed E-state index contributed by atoms with van der Waals surface area (Å²) in [5.41, 5.74) is 7.30. The van der Waals surface area contributed by atoms with E-state index in [1.807, 2.05) is 29.8 Å². The van der Waals surface area contributed by atoms with Crippen LogP contribution in [0.15, 0.2) is 40.4 Å². The standard InChI is InChI=1S/C11H11BrN2S/c12-9-3-5-15-11(9)10(13)6-8-2-1-4-14-7-8/h1-5,7,10H,6,13H2. The van der Waals surface area contributed by atoms with Crippen LogP contribution >= 0.6 is 27.3 Å². The summed E-state index contributed by atoms with van der Waals surface area (Å²) in [6, 6.07) is 6.06. The van der Waals surface area contributed by atoms with E-state index in [1.165, 1.54) is 10.4 Å². The van der Waals surface area contributed by atoms with Crippen molar-refractivity contribution in [3.8, 4) is 0 Å². The normalized spacial score (nSPS) is 12.7. The minimum atomic E-state index is 0.0450. The average molecular weight is 283 g/mol. The minimum absolute atomic E-state index is 0.0450. The van der Waals surface area contributed by atoms with Gasteiger partial charge < -0.3 is 5.73 Å². The fourth-order valence-electron chi connectivity index (χ4n) is 1.44. The Morgan fingerprint density at radius 2 is 2.33 bits per heavy atom. The fourth-order valence-corrected chi connectivity index (χ4v) is 3.11. The Morgan fingerprint density at radius 1 is 1.47 bits per heavy atom. The molecule has 0 bridgehead atoms. The van der Waals surface area contributed by atoms with Crippen LogP contribution in [0.3, 0.4) is 0 Å². The van der Waals surface area contributed by atoms with Crippen molar-refractivity contribution in [2.24, 2.45) is 5.73 Å². The number of hydrogen-bond acceptors (Lipinski definition) is 3. The van der Waals surface area contributed by atoms with Crippen LogP contribution in [0.2, 0.25) is 0 Å². The lowest BCUT2D eigenvalue weighted by atomic mass is 10.1. The highest BCUT2D eigenvalue weighted by molar-refractivity contribution is 9.10. The Labute approximate surface area is 101 Å². The number of halogens is 1. The second-order valence-corrected chi connectivity index (χ2v) is 5.11. The van der Waals surface area contributed by atoms with Crippen molar-refractivity contribution < 1.29 is 0 Å². The van der Waals surface area contributed by atoms with Crippen molar-refractivity contribution in [1.82, 2.24) is 4.98 Å². The first-order valence-electron chi connectivity index (χ1n) is 4.65. The molecule has 2 heterocycles. The number of pyridine rings is 1. The predicted molar refractivity (Wildman–Crippen MR) is 66.9 cm³/mol. The van der Waals surface area contributed by atoms with E-state index in [-0.39, 0.29) is 6.04 Å². The Bertz CT molecular complexity index is 427. The van der Waals surface area contributed by atoms with Gasteiger partial charge in [0.2, 0.25) is 0 Å². The topological polar surface area (TPSA) is 38.9 Å². The Hall–Kier alpha value is -0.710. The zero-order chi connectivity index (χ0) is 10.7. The molecule has 0 amide bonds. The maximum atomic E-state index is 6.12. The molecule has 0 saturated heterocycles. The van der Waals surface area contributed by atoms with E-state index in [0.717, 1.165) is 10.9 Å². The van der Waals surface area contributed by atoms with Gasteiger partial charge in [-0.25, -0.2) is 0 Å². The molecule has 0 aliphatic heterocycles. The van der Waals surface area contributed by atoms with Crippen molar-refractivity contribution in [1.29, 1.82) is 0 Å². The molecule has 0 fully saturated rings. The van der Waals surface area contributed by atoms with Gasteiger partial charge in [-0.15, -0.1) is 11.3 Å². The molecule has 4 heteroatoms. The number of thiophene rings is 1. The summed E-state index contributed by atoms with van der Waals surface area (Å²) in [4.78, 5) is 5.27. The van der Waals surface area contributed by atoms with Crippen LogP contribution in [0.1, 0.15) is 16.5 Å². The summed E-state index contributed by atoms with van der Waals surface area (Å²) in [7, 11) is 0. The molecule has 1 atom stereocenters. The SMILES string of the molecule is NC(Cc1cccnc1)c1sccc1Br. The number of hydrogen-bond donors (Lipinski definition) is 1. The molecule has 0 aliphatic carbocycles. The molecule has 2 aromatic heterocycles. The molecular formula is C11H11BrN2S. The summed E-state index contributed by atoms with van der Waals surface area (Å²) >= 11 is 5.18. The van der Waals surface area contributed by atoms with Gasteiger partial charge in [-0.2, -0.15) is 0 Å². The molecule has 1 unspecified atom stereocenters. The van der Waals surface area contributed by atoms with Crippen molar-refractivity contribution in [2.45, 2.75) is 12.5 Å².